The molecule has 48 heavy (non-hydrogen) atoms. The van der Waals surface area contributed by atoms with Crippen LogP contribution in [0.15, 0.2) is 97.1 Å². The second-order valence-electron chi connectivity index (χ2n) is 11.6. The van der Waals surface area contributed by atoms with Gasteiger partial charge in [0.2, 0.25) is 0 Å². The van der Waals surface area contributed by atoms with E-state index >= 15 is 0 Å². The van der Waals surface area contributed by atoms with Crippen LogP contribution in [0.2, 0.25) is 0 Å². The van der Waals surface area contributed by atoms with Crippen LogP contribution in [0.5, 0.6) is 0 Å². The topological polar surface area (TPSA) is 161 Å². The Hall–Kier alpha value is -7.08. The average molecular weight is 633 g/mol. The summed E-state index contributed by atoms with van der Waals surface area (Å²) >= 11 is 0. The van der Waals surface area contributed by atoms with Crippen molar-refractivity contribution < 1.29 is 29.0 Å². The number of fused-ring (bicyclic) bond motifs is 2. The lowest BCUT2D eigenvalue weighted by atomic mass is 9.82. The Balaban J connectivity index is 1.25. The van der Waals surface area contributed by atoms with Gasteiger partial charge in [-0.3, -0.25) is 39.4 Å². The molecule has 0 saturated heterocycles. The lowest BCUT2D eigenvalue weighted by Crippen LogP contribution is -2.40. The third kappa shape index (κ3) is 3.37. The van der Waals surface area contributed by atoms with Crippen LogP contribution in [0, 0.1) is 20.2 Å². The van der Waals surface area contributed by atoms with Crippen LogP contribution in [0.3, 0.4) is 0 Å². The Labute approximate surface area is 267 Å². The molecule has 0 spiro atoms. The first-order chi connectivity index (χ1) is 23.2. The van der Waals surface area contributed by atoms with E-state index in [2.05, 4.69) is 0 Å². The maximum Gasteiger partial charge on any atom is 0.269 e. The molecule has 7 aromatic rings. The van der Waals surface area contributed by atoms with Crippen molar-refractivity contribution in [1.29, 1.82) is 0 Å². The van der Waals surface area contributed by atoms with E-state index in [4.69, 9.17) is 0 Å². The second-order valence-corrected chi connectivity index (χ2v) is 11.6. The normalized spacial score (nSPS) is 14.2. The molecule has 0 saturated carbocycles. The molecule has 0 radical (unpaired) electrons. The van der Waals surface area contributed by atoms with Crippen LogP contribution in [0.4, 0.5) is 22.7 Å². The molecule has 0 fully saturated rings. The van der Waals surface area contributed by atoms with Gasteiger partial charge < -0.3 is 0 Å². The first kappa shape index (κ1) is 27.2. The summed E-state index contributed by atoms with van der Waals surface area (Å²) in [4.78, 5) is 78.7. The number of hydrogen-bond acceptors (Lipinski definition) is 8. The molecule has 9 rings (SSSR count). The number of rotatable bonds is 4. The summed E-state index contributed by atoms with van der Waals surface area (Å²) in [5.74, 6) is -2.26. The number of carbonyl (C=O) groups is 4. The fourth-order valence-electron chi connectivity index (χ4n) is 7.18. The van der Waals surface area contributed by atoms with Crippen LogP contribution >= 0.6 is 0 Å². The summed E-state index contributed by atoms with van der Waals surface area (Å²) in [5.41, 5.74) is 1.24. The van der Waals surface area contributed by atoms with Gasteiger partial charge in [0.15, 0.2) is 0 Å². The summed E-state index contributed by atoms with van der Waals surface area (Å²) in [6.45, 7) is 0. The fraction of sp³-hybridized carbons (Fsp3) is 0. The molecule has 0 N–H and O–H groups in total. The molecule has 0 aliphatic carbocycles. The van der Waals surface area contributed by atoms with E-state index in [1.807, 2.05) is 0 Å². The number of nitro benzene ring substituents is 2. The molecule has 4 amide bonds. The van der Waals surface area contributed by atoms with Crippen molar-refractivity contribution in [2.45, 2.75) is 0 Å². The van der Waals surface area contributed by atoms with Crippen molar-refractivity contribution in [3.63, 3.8) is 0 Å². The Morgan fingerprint density at radius 2 is 0.646 bits per heavy atom. The minimum absolute atomic E-state index is 0.171. The molecular formula is C36H16N4O8. The zero-order chi connectivity index (χ0) is 33.2. The number of nitrogens with zero attached hydrogens (tertiary/aromatic N) is 4. The quantitative estimate of drug-likeness (QED) is 0.0649. The van der Waals surface area contributed by atoms with Gasteiger partial charge in [0.05, 0.1) is 21.2 Å². The molecule has 0 atom stereocenters. The van der Waals surface area contributed by atoms with Gasteiger partial charge in [-0.25, -0.2) is 9.80 Å². The van der Waals surface area contributed by atoms with Gasteiger partial charge in [-0.05, 0) is 80.8 Å². The van der Waals surface area contributed by atoms with Crippen molar-refractivity contribution in [2.24, 2.45) is 0 Å². The van der Waals surface area contributed by atoms with Crippen molar-refractivity contribution in [3.05, 3.63) is 140 Å². The molecule has 0 aromatic heterocycles. The maximum atomic E-state index is 13.9. The van der Waals surface area contributed by atoms with E-state index in [0.29, 0.717) is 43.8 Å². The summed E-state index contributed by atoms with van der Waals surface area (Å²) in [7, 11) is 0. The molecule has 2 aliphatic heterocycles. The average Bonchev–Trinajstić information content (AvgIpc) is 3.09. The summed E-state index contributed by atoms with van der Waals surface area (Å²) in [6, 6.07) is 24.1. The highest BCUT2D eigenvalue weighted by atomic mass is 16.6. The molecular weight excluding hydrogens is 616 g/mol. The van der Waals surface area contributed by atoms with Gasteiger partial charge in [-0.2, -0.15) is 0 Å². The summed E-state index contributed by atoms with van der Waals surface area (Å²) < 4.78 is 0. The van der Waals surface area contributed by atoms with Crippen LogP contribution in [0.25, 0.3) is 43.1 Å². The van der Waals surface area contributed by atoms with E-state index in [9.17, 15) is 39.4 Å². The largest absolute Gasteiger partial charge is 0.269 e. The Morgan fingerprint density at radius 1 is 0.375 bits per heavy atom. The van der Waals surface area contributed by atoms with Crippen molar-refractivity contribution in [1.82, 2.24) is 0 Å². The molecule has 0 unspecified atom stereocenters. The lowest BCUT2D eigenvalue weighted by Gasteiger charge is -2.30. The van der Waals surface area contributed by atoms with E-state index in [1.54, 1.807) is 48.5 Å². The molecule has 2 aliphatic rings. The van der Waals surface area contributed by atoms with Crippen LogP contribution in [-0.4, -0.2) is 33.5 Å². The number of carbonyl (C=O) groups excluding carboxylic acids is 4. The van der Waals surface area contributed by atoms with Crippen molar-refractivity contribution in [3.8, 4) is 0 Å². The van der Waals surface area contributed by atoms with E-state index in [1.165, 1.54) is 48.5 Å². The number of hydrogen-bond donors (Lipinski definition) is 0. The highest BCUT2D eigenvalue weighted by Gasteiger charge is 2.38. The molecule has 0 bridgehead atoms. The van der Waals surface area contributed by atoms with E-state index in [0.717, 1.165) is 31.3 Å². The predicted octanol–water partition coefficient (Wildman–Crippen LogP) is 7.15. The first-order valence-electron chi connectivity index (χ1n) is 14.6. The summed E-state index contributed by atoms with van der Waals surface area (Å²) in [6.07, 6.45) is 0. The summed E-state index contributed by atoms with van der Waals surface area (Å²) in [5, 5.41) is 27.6. The fourth-order valence-corrected chi connectivity index (χ4v) is 7.18. The highest BCUT2D eigenvalue weighted by molar-refractivity contribution is 6.45. The standard InChI is InChI=1S/C36H16N4O8/c41-33-25-13-9-21-23-11-15-27-32-28(36(44)38(35(27)43)18-3-7-20(8-4-18)40(47)48)16-12-24(30(23)32)22-10-14-26(31(25)29(21)22)34(42)37(33)17-1-5-19(6-2-17)39(45)46/h1-16H. The zero-order valence-corrected chi connectivity index (χ0v) is 24.3. The van der Waals surface area contributed by atoms with Gasteiger partial charge in [0.1, 0.15) is 0 Å². The third-order valence-corrected chi connectivity index (χ3v) is 9.27. The molecule has 228 valence electrons. The highest BCUT2D eigenvalue weighted by Crippen LogP contribution is 2.47. The third-order valence-electron chi connectivity index (χ3n) is 9.27. The number of nitro groups is 2. The van der Waals surface area contributed by atoms with Gasteiger partial charge >= 0.3 is 0 Å². The number of amides is 4. The number of non-ortho nitro benzene ring substituents is 2. The first-order valence-corrected chi connectivity index (χ1v) is 14.6. The minimum atomic E-state index is -0.566. The van der Waals surface area contributed by atoms with E-state index < -0.39 is 33.5 Å². The van der Waals surface area contributed by atoms with Crippen molar-refractivity contribution >= 4 is 89.5 Å². The minimum Gasteiger partial charge on any atom is -0.268 e. The van der Waals surface area contributed by atoms with Gasteiger partial charge in [0.25, 0.3) is 35.0 Å². The monoisotopic (exact) mass is 632 g/mol. The zero-order valence-electron chi connectivity index (χ0n) is 24.3. The Bertz CT molecular complexity index is 2390. The van der Waals surface area contributed by atoms with E-state index in [-0.39, 0.29) is 22.7 Å². The molecule has 2 heterocycles. The van der Waals surface area contributed by atoms with Crippen LogP contribution in [-0.2, 0) is 0 Å². The van der Waals surface area contributed by atoms with Gasteiger partial charge in [-0.1, -0.05) is 24.3 Å². The molecule has 12 heteroatoms. The Morgan fingerprint density at radius 3 is 0.896 bits per heavy atom. The molecule has 7 aromatic carbocycles. The van der Waals surface area contributed by atoms with Crippen LogP contribution in [0.1, 0.15) is 41.4 Å². The second kappa shape index (κ2) is 9.23. The number of imide groups is 2. The van der Waals surface area contributed by atoms with Gasteiger partial charge in [0, 0.05) is 57.3 Å². The predicted molar refractivity (Wildman–Crippen MR) is 176 cm³/mol. The Kier molecular flexibility index (Phi) is 5.24. The number of anilines is 2. The maximum absolute atomic E-state index is 13.9. The SMILES string of the molecule is O=C1c2ccc3c4ccc5c6c(ccc(c7ccc(c2c37)C(=O)N1c1ccc([N+](=O)[O-])cc1)c64)C(=O)N(c1ccc([N+](=O)[O-])cc1)C5=O. The smallest absolute Gasteiger partial charge is 0.268 e. The molecule has 12 nitrogen and oxygen atoms in total. The lowest BCUT2D eigenvalue weighted by molar-refractivity contribution is -0.385. The van der Waals surface area contributed by atoms with Crippen molar-refractivity contribution in [2.75, 3.05) is 9.80 Å². The van der Waals surface area contributed by atoms with Crippen LogP contribution < -0.4 is 9.80 Å². The number of benzene rings is 7. The van der Waals surface area contributed by atoms with Gasteiger partial charge in [-0.15, -0.1) is 0 Å².